The van der Waals surface area contributed by atoms with E-state index in [1.807, 2.05) is 40.9 Å². The minimum atomic E-state index is -0.412. The molecular formula is C18H24N4OS. The van der Waals surface area contributed by atoms with Crippen molar-refractivity contribution in [3.05, 3.63) is 42.1 Å². The molecule has 6 heteroatoms. The Kier molecular flexibility index (Phi) is 6.07. The topological polar surface area (TPSA) is 71.2 Å². The van der Waals surface area contributed by atoms with Crippen molar-refractivity contribution in [1.82, 2.24) is 15.2 Å². The SMILES string of the molecule is N[C@@H](CCNCc1ccc2ccccc2n1)C(=O)N1CCSCC1. The zero-order valence-electron chi connectivity index (χ0n) is 13.8. The summed E-state index contributed by atoms with van der Waals surface area (Å²) in [5.74, 6) is 2.12. The number of rotatable bonds is 6. The quantitative estimate of drug-likeness (QED) is 0.779. The van der Waals surface area contributed by atoms with E-state index in [1.54, 1.807) is 0 Å². The lowest BCUT2D eigenvalue weighted by atomic mass is 10.2. The molecule has 1 amide bonds. The average Bonchev–Trinajstić information content (AvgIpc) is 2.65. The highest BCUT2D eigenvalue weighted by molar-refractivity contribution is 7.99. The predicted molar refractivity (Wildman–Crippen MR) is 99.9 cm³/mol. The Hall–Kier alpha value is -1.63. The second kappa shape index (κ2) is 8.46. The fraction of sp³-hybridized carbons (Fsp3) is 0.444. The largest absolute Gasteiger partial charge is 0.340 e. The monoisotopic (exact) mass is 344 g/mol. The molecule has 0 radical (unpaired) electrons. The number of aromatic nitrogens is 1. The van der Waals surface area contributed by atoms with E-state index in [2.05, 4.69) is 22.4 Å². The molecule has 1 atom stereocenters. The Bertz CT molecular complexity index is 688. The summed E-state index contributed by atoms with van der Waals surface area (Å²) in [7, 11) is 0. The molecule has 128 valence electrons. The van der Waals surface area contributed by atoms with Gasteiger partial charge in [-0.2, -0.15) is 11.8 Å². The molecule has 24 heavy (non-hydrogen) atoms. The van der Waals surface area contributed by atoms with Crippen molar-refractivity contribution in [2.24, 2.45) is 5.73 Å². The van der Waals surface area contributed by atoms with Crippen LogP contribution in [-0.2, 0) is 11.3 Å². The van der Waals surface area contributed by atoms with Gasteiger partial charge >= 0.3 is 0 Å². The molecule has 0 bridgehead atoms. The van der Waals surface area contributed by atoms with Gasteiger partial charge in [-0.25, -0.2) is 0 Å². The van der Waals surface area contributed by atoms with E-state index >= 15 is 0 Å². The lowest BCUT2D eigenvalue weighted by molar-refractivity contribution is -0.132. The van der Waals surface area contributed by atoms with Crippen LogP contribution >= 0.6 is 11.8 Å². The van der Waals surface area contributed by atoms with E-state index in [0.717, 1.165) is 41.2 Å². The summed E-state index contributed by atoms with van der Waals surface area (Å²) in [6, 6.07) is 11.8. The lowest BCUT2D eigenvalue weighted by Gasteiger charge is -2.28. The number of nitrogens with two attached hydrogens (primary N) is 1. The van der Waals surface area contributed by atoms with Crippen LogP contribution in [0.25, 0.3) is 10.9 Å². The van der Waals surface area contributed by atoms with Gasteiger partial charge in [-0.15, -0.1) is 0 Å². The molecule has 1 aliphatic rings. The van der Waals surface area contributed by atoms with E-state index in [0.29, 0.717) is 19.5 Å². The van der Waals surface area contributed by atoms with Gasteiger partial charge in [0.05, 0.1) is 17.3 Å². The van der Waals surface area contributed by atoms with Gasteiger partial charge in [0.1, 0.15) is 0 Å². The van der Waals surface area contributed by atoms with Crippen molar-refractivity contribution in [2.75, 3.05) is 31.1 Å². The van der Waals surface area contributed by atoms with Crippen molar-refractivity contribution in [2.45, 2.75) is 19.0 Å². The second-order valence-electron chi connectivity index (χ2n) is 6.00. The van der Waals surface area contributed by atoms with E-state index in [9.17, 15) is 4.79 Å². The third kappa shape index (κ3) is 4.47. The smallest absolute Gasteiger partial charge is 0.239 e. The number of carbonyl (C=O) groups is 1. The number of para-hydroxylation sites is 1. The lowest BCUT2D eigenvalue weighted by Crippen LogP contribution is -2.48. The van der Waals surface area contributed by atoms with Gasteiger partial charge in [-0.05, 0) is 25.1 Å². The van der Waals surface area contributed by atoms with Crippen LogP contribution < -0.4 is 11.1 Å². The first-order valence-corrected chi connectivity index (χ1v) is 9.57. The molecule has 0 spiro atoms. The summed E-state index contributed by atoms with van der Waals surface area (Å²) in [5.41, 5.74) is 8.06. The molecule has 1 saturated heterocycles. The van der Waals surface area contributed by atoms with Gasteiger partial charge in [0.25, 0.3) is 0 Å². The number of carbonyl (C=O) groups excluding carboxylic acids is 1. The predicted octanol–water partition coefficient (Wildman–Crippen LogP) is 1.62. The first kappa shape index (κ1) is 17.2. The fourth-order valence-corrected chi connectivity index (χ4v) is 3.73. The number of hydrogen-bond donors (Lipinski definition) is 2. The summed E-state index contributed by atoms with van der Waals surface area (Å²) in [4.78, 5) is 18.8. The molecule has 0 unspecified atom stereocenters. The summed E-state index contributed by atoms with van der Waals surface area (Å²) in [5, 5.41) is 4.48. The van der Waals surface area contributed by atoms with Crippen LogP contribution in [0, 0.1) is 0 Å². The number of pyridine rings is 1. The maximum Gasteiger partial charge on any atom is 0.239 e. The normalized spacial score (nSPS) is 16.3. The standard InChI is InChI=1S/C18H24N4OS/c19-16(18(23)22-9-11-24-12-10-22)7-8-20-13-15-6-5-14-3-1-2-4-17(14)21-15/h1-6,16,20H,7-13,19H2/t16-/m0/s1. The van der Waals surface area contributed by atoms with Gasteiger partial charge in [-0.3, -0.25) is 9.78 Å². The molecule has 1 fully saturated rings. The highest BCUT2D eigenvalue weighted by Gasteiger charge is 2.22. The minimum absolute atomic E-state index is 0.0842. The maximum absolute atomic E-state index is 12.3. The molecule has 0 aliphatic carbocycles. The summed E-state index contributed by atoms with van der Waals surface area (Å²) >= 11 is 1.89. The van der Waals surface area contributed by atoms with E-state index in [4.69, 9.17) is 5.73 Å². The number of amides is 1. The molecule has 3 rings (SSSR count). The van der Waals surface area contributed by atoms with E-state index in [-0.39, 0.29) is 5.91 Å². The van der Waals surface area contributed by atoms with Crippen molar-refractivity contribution in [3.8, 4) is 0 Å². The van der Waals surface area contributed by atoms with Crippen molar-refractivity contribution in [3.63, 3.8) is 0 Å². The van der Waals surface area contributed by atoms with Crippen LogP contribution in [0.3, 0.4) is 0 Å². The van der Waals surface area contributed by atoms with Crippen molar-refractivity contribution < 1.29 is 4.79 Å². The molecule has 2 aromatic rings. The van der Waals surface area contributed by atoms with Crippen molar-refractivity contribution >= 4 is 28.6 Å². The number of nitrogens with one attached hydrogen (secondary N) is 1. The highest BCUT2D eigenvalue weighted by atomic mass is 32.2. The van der Waals surface area contributed by atoms with Crippen LogP contribution in [0.4, 0.5) is 0 Å². The molecule has 1 aliphatic heterocycles. The summed E-state index contributed by atoms with van der Waals surface area (Å²) < 4.78 is 0. The van der Waals surface area contributed by atoms with E-state index < -0.39 is 6.04 Å². The maximum atomic E-state index is 12.3. The zero-order chi connectivity index (χ0) is 16.8. The molecule has 1 aromatic carbocycles. The van der Waals surface area contributed by atoms with Gasteiger partial charge in [0.2, 0.25) is 5.91 Å². The first-order chi connectivity index (χ1) is 11.7. The first-order valence-electron chi connectivity index (χ1n) is 8.41. The Morgan fingerprint density at radius 2 is 2.04 bits per heavy atom. The van der Waals surface area contributed by atoms with Crippen LogP contribution in [0.2, 0.25) is 0 Å². The molecule has 0 saturated carbocycles. The number of benzene rings is 1. The Morgan fingerprint density at radius 1 is 1.25 bits per heavy atom. The number of nitrogens with zero attached hydrogens (tertiary/aromatic N) is 2. The number of hydrogen-bond acceptors (Lipinski definition) is 5. The third-order valence-corrected chi connectivity index (χ3v) is 5.18. The summed E-state index contributed by atoms with van der Waals surface area (Å²) in [6.07, 6.45) is 0.649. The zero-order valence-corrected chi connectivity index (χ0v) is 14.6. The van der Waals surface area contributed by atoms with Gasteiger partial charge in [-0.1, -0.05) is 24.3 Å². The molecule has 3 N–H and O–H groups in total. The van der Waals surface area contributed by atoms with E-state index in [1.165, 1.54) is 0 Å². The molecule has 2 heterocycles. The number of fused-ring (bicyclic) bond motifs is 1. The highest BCUT2D eigenvalue weighted by Crippen LogP contribution is 2.12. The molecular weight excluding hydrogens is 320 g/mol. The Balaban J connectivity index is 1.43. The van der Waals surface area contributed by atoms with Gasteiger partial charge < -0.3 is 16.0 Å². The second-order valence-corrected chi connectivity index (χ2v) is 7.23. The molecule has 5 nitrogen and oxygen atoms in total. The minimum Gasteiger partial charge on any atom is -0.340 e. The van der Waals surface area contributed by atoms with Crippen LogP contribution in [0.5, 0.6) is 0 Å². The summed E-state index contributed by atoms with van der Waals surface area (Å²) in [6.45, 7) is 3.05. The van der Waals surface area contributed by atoms with Crippen LogP contribution in [-0.4, -0.2) is 53.0 Å². The number of thioether (sulfide) groups is 1. The average molecular weight is 344 g/mol. The Labute approximate surface area is 147 Å². The third-order valence-electron chi connectivity index (χ3n) is 4.23. The van der Waals surface area contributed by atoms with Crippen LogP contribution in [0.15, 0.2) is 36.4 Å². The molecule has 1 aromatic heterocycles. The fourth-order valence-electron chi connectivity index (χ4n) is 2.82. The van der Waals surface area contributed by atoms with Crippen molar-refractivity contribution in [1.29, 1.82) is 0 Å². The van der Waals surface area contributed by atoms with Gasteiger partial charge in [0.15, 0.2) is 0 Å². The Morgan fingerprint density at radius 3 is 2.88 bits per heavy atom. The van der Waals surface area contributed by atoms with Gasteiger partial charge in [0, 0.05) is 36.5 Å². The van der Waals surface area contributed by atoms with Crippen LogP contribution in [0.1, 0.15) is 12.1 Å².